The molecule has 3 rings (SSSR count). The average molecular weight is 654 g/mol. The Morgan fingerprint density at radius 2 is 1.50 bits per heavy atom. The summed E-state index contributed by atoms with van der Waals surface area (Å²) in [6.07, 6.45) is 10.9. The predicted molar refractivity (Wildman–Crippen MR) is 192 cm³/mol. The zero-order chi connectivity index (χ0) is 35.3. The smallest absolute Gasteiger partial charge is 0.408 e. The number of aryl methyl sites for hydroxylation is 2. The first-order valence-corrected chi connectivity index (χ1v) is 16.8. The van der Waals surface area contributed by atoms with E-state index >= 15 is 0 Å². The Kier molecular flexibility index (Phi) is 14.1. The molecule has 0 radical (unpaired) electrons. The van der Waals surface area contributed by atoms with Crippen molar-refractivity contribution < 1.29 is 24.2 Å². The van der Waals surface area contributed by atoms with E-state index in [2.05, 4.69) is 23.5 Å². The lowest BCUT2D eigenvalue weighted by atomic mass is 9.98. The number of phenolic OH excluding ortho intramolecular Hbond substituents is 1. The van der Waals surface area contributed by atoms with Crippen LogP contribution in [0.4, 0.5) is 10.5 Å². The van der Waals surface area contributed by atoms with Gasteiger partial charge in [-0.3, -0.25) is 9.59 Å². The first kappa shape index (κ1) is 37.7. The number of carbonyl (C=O) groups excluding carboxylic acids is 3. The summed E-state index contributed by atoms with van der Waals surface area (Å²) in [5.41, 5.74) is 3.66. The number of rotatable bonds is 15. The lowest BCUT2D eigenvalue weighted by molar-refractivity contribution is -0.140. The van der Waals surface area contributed by atoms with Gasteiger partial charge >= 0.3 is 6.09 Å². The molecule has 8 heteroatoms. The molecule has 3 amide bonds. The molecule has 0 heterocycles. The number of hydrogen-bond donors (Lipinski definition) is 3. The van der Waals surface area contributed by atoms with Crippen molar-refractivity contribution in [3.05, 3.63) is 94.5 Å². The Bertz CT molecular complexity index is 1530. The summed E-state index contributed by atoms with van der Waals surface area (Å²) in [5, 5.41) is 15.8. The van der Waals surface area contributed by atoms with E-state index in [0.29, 0.717) is 23.2 Å². The number of nitrogens with zero attached hydrogens (tertiary/aromatic N) is 1. The number of alkyl carbamates (subject to hydrolysis) is 1. The predicted octanol–water partition coefficient (Wildman–Crippen LogP) is 8.00. The fourth-order valence-corrected chi connectivity index (χ4v) is 5.58. The molecule has 3 aromatic carbocycles. The van der Waals surface area contributed by atoms with Gasteiger partial charge in [0.05, 0.1) is 0 Å². The van der Waals surface area contributed by atoms with Gasteiger partial charge < -0.3 is 25.4 Å². The molecule has 0 saturated carbocycles. The van der Waals surface area contributed by atoms with Gasteiger partial charge in [0.25, 0.3) is 5.91 Å². The van der Waals surface area contributed by atoms with Crippen LogP contribution in [0.3, 0.4) is 0 Å². The summed E-state index contributed by atoms with van der Waals surface area (Å²) in [5.74, 6) is 1.91. The van der Waals surface area contributed by atoms with Crippen molar-refractivity contribution in [2.45, 2.75) is 104 Å². The highest BCUT2D eigenvalue weighted by Crippen LogP contribution is 2.28. The Hall–Kier alpha value is -4.77. The summed E-state index contributed by atoms with van der Waals surface area (Å²) in [6.45, 7) is 11.6. The fourth-order valence-electron chi connectivity index (χ4n) is 5.58. The van der Waals surface area contributed by atoms with Gasteiger partial charge in [-0.1, -0.05) is 87.4 Å². The molecule has 3 N–H and O–H groups in total. The van der Waals surface area contributed by atoms with E-state index in [4.69, 9.17) is 11.2 Å². The maximum Gasteiger partial charge on any atom is 0.408 e. The number of ether oxygens (including phenoxy) is 1. The van der Waals surface area contributed by atoms with E-state index in [0.717, 1.165) is 48.8 Å². The van der Waals surface area contributed by atoms with Gasteiger partial charge in [-0.25, -0.2) is 4.79 Å². The highest BCUT2D eigenvalue weighted by molar-refractivity contribution is 6.00. The quantitative estimate of drug-likeness (QED) is 0.114. The van der Waals surface area contributed by atoms with E-state index in [1.54, 1.807) is 62.1 Å². The van der Waals surface area contributed by atoms with Crippen molar-refractivity contribution in [1.82, 2.24) is 10.2 Å². The van der Waals surface area contributed by atoms with Gasteiger partial charge in [0.15, 0.2) is 0 Å². The van der Waals surface area contributed by atoms with Crippen molar-refractivity contribution in [3.8, 4) is 18.1 Å². The lowest BCUT2D eigenvalue weighted by Gasteiger charge is -2.35. The van der Waals surface area contributed by atoms with Crippen LogP contribution in [0, 0.1) is 26.2 Å². The van der Waals surface area contributed by atoms with Crippen molar-refractivity contribution in [2.75, 3.05) is 11.9 Å². The molecule has 48 heavy (non-hydrogen) atoms. The first-order valence-electron chi connectivity index (χ1n) is 16.8. The highest BCUT2D eigenvalue weighted by Gasteiger charge is 2.36. The minimum Gasteiger partial charge on any atom is -0.508 e. The maximum atomic E-state index is 14.8. The molecule has 0 aliphatic carbocycles. The largest absolute Gasteiger partial charge is 0.508 e. The Morgan fingerprint density at radius 3 is 2.08 bits per heavy atom. The third-order valence-corrected chi connectivity index (χ3v) is 8.08. The first-order chi connectivity index (χ1) is 22.8. The summed E-state index contributed by atoms with van der Waals surface area (Å²) >= 11 is 0. The molecule has 256 valence electrons. The second-order valence-electron chi connectivity index (χ2n) is 13.3. The number of terminal acetylenes is 1. The zero-order valence-electron chi connectivity index (χ0n) is 29.3. The second kappa shape index (κ2) is 18.0. The van der Waals surface area contributed by atoms with Gasteiger partial charge in [0, 0.05) is 24.2 Å². The van der Waals surface area contributed by atoms with Gasteiger partial charge in [-0.2, -0.15) is 0 Å². The summed E-state index contributed by atoms with van der Waals surface area (Å²) in [4.78, 5) is 43.9. The third kappa shape index (κ3) is 11.5. The number of unbranched alkanes of at least 4 members (excludes halogenated alkanes) is 5. The molecule has 0 saturated heterocycles. The van der Waals surface area contributed by atoms with E-state index in [-0.39, 0.29) is 24.6 Å². The SMILES string of the molecule is C#Cc1ccc(C(C(=O)Nc2c(C)cccc2C)N(CCCCCCCC)C(=O)C(Cc2ccc(O)cc2)NC(=O)OC(C)(C)C)cc1. The zero-order valence-corrected chi connectivity index (χ0v) is 29.3. The molecule has 8 nitrogen and oxygen atoms in total. The van der Waals surface area contributed by atoms with Crippen LogP contribution in [-0.4, -0.2) is 46.1 Å². The monoisotopic (exact) mass is 653 g/mol. The molecule has 3 aromatic rings. The molecular formula is C40H51N3O5. The minimum atomic E-state index is -1.06. The van der Waals surface area contributed by atoms with Crippen LogP contribution in [0.1, 0.15) is 100 Å². The van der Waals surface area contributed by atoms with E-state index in [1.807, 2.05) is 32.0 Å². The van der Waals surface area contributed by atoms with Crippen LogP contribution in [0.25, 0.3) is 0 Å². The Morgan fingerprint density at radius 1 is 0.896 bits per heavy atom. The number of nitrogens with one attached hydrogen (secondary N) is 2. The number of amides is 3. The summed E-state index contributed by atoms with van der Waals surface area (Å²) < 4.78 is 5.56. The number of benzene rings is 3. The molecule has 0 fully saturated rings. The van der Waals surface area contributed by atoms with Gasteiger partial charge in [0.2, 0.25) is 5.91 Å². The number of phenols is 1. The average Bonchev–Trinajstić information content (AvgIpc) is 3.03. The van der Waals surface area contributed by atoms with Crippen molar-refractivity contribution >= 4 is 23.6 Å². The van der Waals surface area contributed by atoms with Crippen LogP contribution < -0.4 is 10.6 Å². The number of hydrogen-bond acceptors (Lipinski definition) is 5. The van der Waals surface area contributed by atoms with E-state index in [9.17, 15) is 19.5 Å². The van der Waals surface area contributed by atoms with Crippen LogP contribution in [0.2, 0.25) is 0 Å². The molecular weight excluding hydrogens is 602 g/mol. The second-order valence-corrected chi connectivity index (χ2v) is 13.3. The van der Waals surface area contributed by atoms with Crippen molar-refractivity contribution in [1.29, 1.82) is 0 Å². The maximum absolute atomic E-state index is 14.8. The Balaban J connectivity index is 2.10. The number of carbonyl (C=O) groups is 3. The molecule has 0 aromatic heterocycles. The van der Waals surface area contributed by atoms with Crippen LogP contribution in [0.5, 0.6) is 5.75 Å². The molecule has 0 aliphatic heterocycles. The normalized spacial score (nSPS) is 12.4. The van der Waals surface area contributed by atoms with Gasteiger partial charge in [-0.05, 0) is 87.6 Å². The van der Waals surface area contributed by atoms with Crippen LogP contribution in [0.15, 0.2) is 66.7 Å². The molecule has 0 aliphatic rings. The molecule has 0 spiro atoms. The lowest BCUT2D eigenvalue weighted by Crippen LogP contribution is -2.53. The van der Waals surface area contributed by atoms with E-state index < -0.39 is 29.7 Å². The van der Waals surface area contributed by atoms with Crippen molar-refractivity contribution in [3.63, 3.8) is 0 Å². The third-order valence-electron chi connectivity index (χ3n) is 8.08. The Labute approximate surface area is 286 Å². The number of aromatic hydroxyl groups is 1. The molecule has 0 bridgehead atoms. The minimum absolute atomic E-state index is 0.0880. The summed E-state index contributed by atoms with van der Waals surface area (Å²) in [7, 11) is 0. The molecule has 2 unspecified atom stereocenters. The standard InChI is InChI=1S/C40H51N3O5/c1-8-10-11-12-13-14-26-43(38(46)34(41-39(47)48-40(5,6)7)27-31-20-24-33(44)25-21-31)36(32-22-18-30(9-2)19-23-32)37(45)42-35-28(3)16-15-17-29(35)4/h2,15-25,34,36,44H,8,10-14,26-27H2,1,3-7H3,(H,41,47)(H,42,45). The van der Waals surface area contributed by atoms with E-state index in [1.165, 1.54) is 12.1 Å². The molecule has 2 atom stereocenters. The number of anilines is 1. The van der Waals surface area contributed by atoms with Crippen LogP contribution >= 0.6 is 0 Å². The number of para-hydroxylation sites is 1. The fraction of sp³-hybridized carbons (Fsp3) is 0.425. The topological polar surface area (TPSA) is 108 Å². The highest BCUT2D eigenvalue weighted by atomic mass is 16.6. The van der Waals surface area contributed by atoms with Gasteiger partial charge in [-0.15, -0.1) is 6.42 Å². The van der Waals surface area contributed by atoms with Crippen LogP contribution in [-0.2, 0) is 20.7 Å². The van der Waals surface area contributed by atoms with Gasteiger partial charge in [0.1, 0.15) is 23.4 Å². The van der Waals surface area contributed by atoms with Crippen molar-refractivity contribution in [2.24, 2.45) is 0 Å². The summed E-state index contributed by atoms with van der Waals surface area (Å²) in [6, 6.07) is 17.2.